The van der Waals surface area contributed by atoms with Crippen molar-refractivity contribution in [1.29, 1.82) is 0 Å². The van der Waals surface area contributed by atoms with Gasteiger partial charge in [0.05, 0.1) is 12.5 Å². The summed E-state index contributed by atoms with van der Waals surface area (Å²) in [5, 5.41) is 6.70. The van der Waals surface area contributed by atoms with Gasteiger partial charge in [-0.3, -0.25) is 4.79 Å². The minimum atomic E-state index is -0.119. The predicted octanol–water partition coefficient (Wildman–Crippen LogP) is 3.39. The molecule has 1 aromatic carbocycles. The Kier molecular flexibility index (Phi) is 8.80. The van der Waals surface area contributed by atoms with Gasteiger partial charge in [0.1, 0.15) is 29.3 Å². The number of anilines is 3. The lowest BCUT2D eigenvalue weighted by atomic mass is 10.1. The molecule has 0 amide bonds. The van der Waals surface area contributed by atoms with Crippen LogP contribution in [0.25, 0.3) is 11.5 Å². The number of carbonyl (C=O) groups is 1. The van der Waals surface area contributed by atoms with E-state index in [0.717, 1.165) is 61.8 Å². The highest BCUT2D eigenvalue weighted by molar-refractivity contribution is 5.71. The van der Waals surface area contributed by atoms with Gasteiger partial charge in [0.2, 0.25) is 0 Å². The van der Waals surface area contributed by atoms with Crippen molar-refractivity contribution < 1.29 is 9.53 Å². The van der Waals surface area contributed by atoms with Gasteiger partial charge in [0.15, 0.2) is 5.82 Å². The van der Waals surface area contributed by atoms with Gasteiger partial charge >= 0.3 is 5.97 Å². The van der Waals surface area contributed by atoms with E-state index in [1.165, 1.54) is 0 Å². The van der Waals surface area contributed by atoms with Gasteiger partial charge in [0, 0.05) is 62.9 Å². The highest BCUT2D eigenvalue weighted by Gasteiger charge is 2.28. The molecule has 4 aromatic rings. The number of likely N-dealkylation sites (tertiary alicyclic amines) is 1. The molecular weight excluding hydrogens is 542 g/mol. The maximum absolute atomic E-state index is 12.7. The van der Waals surface area contributed by atoms with Crippen LogP contribution in [0.5, 0.6) is 0 Å². The van der Waals surface area contributed by atoms with E-state index >= 15 is 0 Å². The van der Waals surface area contributed by atoms with Crippen molar-refractivity contribution in [2.24, 2.45) is 0 Å². The molecule has 2 saturated heterocycles. The molecule has 5 heterocycles. The van der Waals surface area contributed by atoms with E-state index < -0.39 is 0 Å². The van der Waals surface area contributed by atoms with Gasteiger partial charge in [-0.25, -0.2) is 24.9 Å². The third-order valence-corrected chi connectivity index (χ3v) is 7.76. The van der Waals surface area contributed by atoms with Crippen LogP contribution >= 0.6 is 0 Å². The number of carbonyl (C=O) groups excluding carboxylic acids is 1. The molecule has 2 aliphatic heterocycles. The van der Waals surface area contributed by atoms with Crippen LogP contribution in [0.2, 0.25) is 0 Å². The number of piperazine rings is 1. The average molecular weight is 580 g/mol. The third-order valence-electron chi connectivity index (χ3n) is 7.76. The predicted molar refractivity (Wildman–Crippen MR) is 165 cm³/mol. The van der Waals surface area contributed by atoms with Gasteiger partial charge in [-0.1, -0.05) is 18.2 Å². The molecule has 0 radical (unpaired) electrons. The molecule has 0 bridgehead atoms. The molecule has 0 aliphatic carbocycles. The fraction of sp³-hybridized carbons (Fsp3) is 0.375. The molecule has 0 saturated carbocycles. The van der Waals surface area contributed by atoms with Crippen LogP contribution in [0.4, 0.5) is 17.3 Å². The van der Waals surface area contributed by atoms with E-state index in [2.05, 4.69) is 71.7 Å². The molecule has 0 spiro atoms. The van der Waals surface area contributed by atoms with E-state index in [0.29, 0.717) is 36.1 Å². The molecule has 43 heavy (non-hydrogen) atoms. The van der Waals surface area contributed by atoms with E-state index in [-0.39, 0.29) is 18.1 Å². The summed E-state index contributed by atoms with van der Waals surface area (Å²) in [6, 6.07) is 17.9. The van der Waals surface area contributed by atoms with Crippen molar-refractivity contribution in [2.75, 3.05) is 50.0 Å². The number of rotatable bonds is 9. The fourth-order valence-electron chi connectivity index (χ4n) is 5.59. The van der Waals surface area contributed by atoms with Gasteiger partial charge in [-0.05, 0) is 62.4 Å². The second kappa shape index (κ2) is 13.2. The summed E-state index contributed by atoms with van der Waals surface area (Å²) in [7, 11) is 2.06. The van der Waals surface area contributed by atoms with Crippen LogP contribution in [0.1, 0.15) is 29.9 Å². The summed E-state index contributed by atoms with van der Waals surface area (Å²) >= 11 is 0. The Morgan fingerprint density at radius 2 is 1.81 bits per heavy atom. The first kappa shape index (κ1) is 28.6. The van der Waals surface area contributed by atoms with E-state index in [1.54, 1.807) is 18.5 Å². The highest BCUT2D eigenvalue weighted by atomic mass is 16.5. The summed E-state index contributed by atoms with van der Waals surface area (Å²) in [6.07, 6.45) is 5.33. The van der Waals surface area contributed by atoms with E-state index in [4.69, 9.17) is 9.72 Å². The molecule has 11 heteroatoms. The molecule has 3 aromatic heterocycles. The van der Waals surface area contributed by atoms with E-state index in [1.807, 2.05) is 31.2 Å². The van der Waals surface area contributed by atoms with Crippen molar-refractivity contribution >= 4 is 23.3 Å². The molecule has 2 fully saturated rings. The zero-order valence-electron chi connectivity index (χ0n) is 24.6. The summed E-state index contributed by atoms with van der Waals surface area (Å²) in [5.41, 5.74) is 3.84. The summed E-state index contributed by atoms with van der Waals surface area (Å²) < 4.78 is 5.77. The lowest BCUT2D eigenvalue weighted by Crippen LogP contribution is -2.52. The van der Waals surface area contributed by atoms with Crippen LogP contribution < -0.4 is 15.5 Å². The zero-order valence-corrected chi connectivity index (χ0v) is 24.6. The minimum absolute atomic E-state index is 0.00654. The molecule has 222 valence electrons. The van der Waals surface area contributed by atoms with Gasteiger partial charge < -0.3 is 25.2 Å². The highest BCUT2D eigenvalue weighted by Crippen LogP contribution is 2.23. The summed E-state index contributed by atoms with van der Waals surface area (Å²) in [4.78, 5) is 39.9. The van der Waals surface area contributed by atoms with Crippen molar-refractivity contribution in [3.8, 4) is 11.5 Å². The normalized spacial score (nSPS) is 18.9. The SMILES string of the molecule is Cc1cccc(-c2nccc(Nc3ccnc(Cc4ccc(N5CCNCC5CC(=O)O[C@@H]5CCN(C)C5)cc4)n3)n2)n1. The van der Waals surface area contributed by atoms with Crippen LogP contribution in [0.15, 0.2) is 67.0 Å². The zero-order chi connectivity index (χ0) is 29.6. The number of aryl methyl sites for hydroxylation is 1. The van der Waals surface area contributed by atoms with Crippen LogP contribution in [0.3, 0.4) is 0 Å². The maximum atomic E-state index is 12.7. The Hall–Kier alpha value is -4.48. The molecule has 1 unspecified atom stereocenters. The first-order valence-electron chi connectivity index (χ1n) is 14.8. The molecular formula is C32H37N9O2. The van der Waals surface area contributed by atoms with Gasteiger partial charge in [-0.15, -0.1) is 0 Å². The second-order valence-electron chi connectivity index (χ2n) is 11.2. The molecule has 11 nitrogen and oxygen atoms in total. The number of esters is 1. The topological polar surface area (TPSA) is 121 Å². The summed E-state index contributed by atoms with van der Waals surface area (Å²) in [6.45, 7) is 6.20. The molecule has 2 aliphatic rings. The lowest BCUT2D eigenvalue weighted by Gasteiger charge is -2.37. The maximum Gasteiger partial charge on any atom is 0.308 e. The Morgan fingerprint density at radius 1 is 1.00 bits per heavy atom. The van der Waals surface area contributed by atoms with Crippen molar-refractivity contribution in [3.63, 3.8) is 0 Å². The lowest BCUT2D eigenvalue weighted by molar-refractivity contribution is -0.148. The number of nitrogens with one attached hydrogen (secondary N) is 2. The Labute approximate surface area is 251 Å². The van der Waals surface area contributed by atoms with Gasteiger partial charge in [0.25, 0.3) is 0 Å². The van der Waals surface area contributed by atoms with E-state index in [9.17, 15) is 4.79 Å². The van der Waals surface area contributed by atoms with Crippen molar-refractivity contribution in [2.45, 2.75) is 38.3 Å². The first-order valence-corrected chi connectivity index (χ1v) is 14.8. The van der Waals surface area contributed by atoms with Crippen LogP contribution in [-0.2, 0) is 16.0 Å². The minimum Gasteiger partial charge on any atom is -0.461 e. The fourth-order valence-corrected chi connectivity index (χ4v) is 5.59. The second-order valence-corrected chi connectivity index (χ2v) is 11.2. The largest absolute Gasteiger partial charge is 0.461 e. The number of aromatic nitrogens is 5. The number of ether oxygens (including phenoxy) is 1. The standard InChI is InChI=1S/C32H37N9O2/c1-22-4-3-5-27(36-22)32-35-14-11-29(39-32)37-28-10-13-34-30(38-28)18-23-6-8-24(9-7-23)41-17-15-33-20-25(41)19-31(42)43-26-12-16-40(2)21-26/h3-11,13-14,25-26,33H,12,15-21H2,1-2H3,(H,34,35,37,38,39)/t25?,26-/m1/s1. The number of pyridine rings is 1. The Balaban J connectivity index is 1.08. The van der Waals surface area contributed by atoms with Crippen molar-refractivity contribution in [1.82, 2.24) is 35.1 Å². The van der Waals surface area contributed by atoms with Crippen molar-refractivity contribution in [3.05, 3.63) is 84.1 Å². The molecule has 6 rings (SSSR count). The Morgan fingerprint density at radius 3 is 2.60 bits per heavy atom. The number of likely N-dealkylation sites (N-methyl/N-ethyl adjacent to an activating group) is 1. The quantitative estimate of drug-likeness (QED) is 0.284. The monoisotopic (exact) mass is 579 g/mol. The number of benzene rings is 1. The number of hydrogen-bond acceptors (Lipinski definition) is 11. The number of nitrogens with zero attached hydrogens (tertiary/aromatic N) is 7. The first-order chi connectivity index (χ1) is 21.0. The molecule has 2 atom stereocenters. The molecule has 2 N–H and O–H groups in total. The third kappa shape index (κ3) is 7.49. The van der Waals surface area contributed by atoms with Crippen LogP contribution in [-0.4, -0.2) is 87.7 Å². The smallest absolute Gasteiger partial charge is 0.308 e. The average Bonchev–Trinajstić information content (AvgIpc) is 3.42. The number of hydrogen-bond donors (Lipinski definition) is 2. The van der Waals surface area contributed by atoms with Gasteiger partial charge in [-0.2, -0.15) is 0 Å². The Bertz CT molecular complexity index is 1550. The van der Waals surface area contributed by atoms with Crippen LogP contribution in [0, 0.1) is 6.92 Å². The summed E-state index contributed by atoms with van der Waals surface area (Å²) in [5.74, 6) is 2.42.